The standard InChI is InChI=1S/C15H18ClNO5/c1-4-8-22-14-10(16)6-5-7-11(14)17-12(15(19)21-3)9-13(18)20-2/h5-7,9,17H,4,8H2,1-3H3/b12-9+. The van der Waals surface area contributed by atoms with Gasteiger partial charge in [0.2, 0.25) is 0 Å². The summed E-state index contributed by atoms with van der Waals surface area (Å²) in [5.41, 5.74) is 0.361. The van der Waals surface area contributed by atoms with Crippen LogP contribution in [0.4, 0.5) is 5.69 Å². The zero-order valence-electron chi connectivity index (χ0n) is 12.6. The molecule has 0 aliphatic carbocycles. The lowest BCUT2D eigenvalue weighted by atomic mass is 10.2. The Hall–Kier alpha value is -2.21. The summed E-state index contributed by atoms with van der Waals surface area (Å²) in [7, 11) is 2.42. The molecule has 7 heteroatoms. The van der Waals surface area contributed by atoms with Crippen molar-refractivity contribution in [1.82, 2.24) is 0 Å². The van der Waals surface area contributed by atoms with E-state index in [0.29, 0.717) is 23.1 Å². The van der Waals surface area contributed by atoms with Gasteiger partial charge >= 0.3 is 11.9 Å². The van der Waals surface area contributed by atoms with E-state index in [1.807, 2.05) is 6.92 Å². The lowest BCUT2D eigenvalue weighted by Gasteiger charge is -2.15. The average Bonchev–Trinajstić information content (AvgIpc) is 2.52. The molecule has 0 saturated heterocycles. The zero-order valence-corrected chi connectivity index (χ0v) is 13.4. The van der Waals surface area contributed by atoms with Crippen LogP contribution in [0.15, 0.2) is 30.0 Å². The van der Waals surface area contributed by atoms with E-state index in [1.165, 1.54) is 14.2 Å². The third kappa shape index (κ3) is 4.96. The van der Waals surface area contributed by atoms with Crippen LogP contribution in [-0.2, 0) is 19.1 Å². The van der Waals surface area contributed by atoms with Gasteiger partial charge in [-0.05, 0) is 18.6 Å². The molecule has 0 atom stereocenters. The monoisotopic (exact) mass is 327 g/mol. The first kappa shape index (κ1) is 17.8. The van der Waals surface area contributed by atoms with E-state index in [2.05, 4.69) is 14.8 Å². The fraction of sp³-hybridized carbons (Fsp3) is 0.333. The molecular weight excluding hydrogens is 310 g/mol. The fourth-order valence-electron chi connectivity index (χ4n) is 1.54. The van der Waals surface area contributed by atoms with Crippen LogP contribution in [0.25, 0.3) is 0 Å². The van der Waals surface area contributed by atoms with Crippen molar-refractivity contribution in [1.29, 1.82) is 0 Å². The summed E-state index contributed by atoms with van der Waals surface area (Å²) in [5, 5.41) is 3.18. The summed E-state index contributed by atoms with van der Waals surface area (Å²) in [4.78, 5) is 23.1. The average molecular weight is 328 g/mol. The summed E-state index contributed by atoms with van der Waals surface area (Å²) in [6, 6.07) is 5.03. The summed E-state index contributed by atoms with van der Waals surface area (Å²) in [5.74, 6) is -1.01. The maximum atomic E-state index is 11.7. The number of hydrogen-bond donors (Lipinski definition) is 1. The first-order chi connectivity index (χ1) is 10.5. The van der Waals surface area contributed by atoms with Crippen LogP contribution in [0.5, 0.6) is 5.75 Å². The van der Waals surface area contributed by atoms with Crippen molar-refractivity contribution in [3.05, 3.63) is 35.0 Å². The van der Waals surface area contributed by atoms with Gasteiger partial charge in [0, 0.05) is 0 Å². The molecule has 120 valence electrons. The van der Waals surface area contributed by atoms with Gasteiger partial charge in [0.15, 0.2) is 5.75 Å². The highest BCUT2D eigenvalue weighted by Gasteiger charge is 2.16. The lowest BCUT2D eigenvalue weighted by molar-refractivity contribution is -0.138. The SMILES string of the molecule is CCCOc1c(Cl)cccc1N/C(=C/C(=O)OC)C(=O)OC. The third-order valence-electron chi connectivity index (χ3n) is 2.56. The summed E-state index contributed by atoms with van der Waals surface area (Å²) in [6.07, 6.45) is 1.79. The summed E-state index contributed by atoms with van der Waals surface area (Å²) >= 11 is 6.10. The number of anilines is 1. The molecule has 0 aliphatic rings. The number of halogens is 1. The molecule has 0 spiro atoms. The van der Waals surface area contributed by atoms with Gasteiger partial charge in [-0.2, -0.15) is 0 Å². The number of hydrogen-bond acceptors (Lipinski definition) is 6. The molecule has 1 aromatic rings. The van der Waals surface area contributed by atoms with E-state index in [9.17, 15) is 9.59 Å². The molecular formula is C15H18ClNO5. The molecule has 0 bridgehead atoms. The Morgan fingerprint density at radius 1 is 1.27 bits per heavy atom. The van der Waals surface area contributed by atoms with E-state index in [4.69, 9.17) is 16.3 Å². The van der Waals surface area contributed by atoms with Crippen LogP contribution in [0.2, 0.25) is 5.02 Å². The minimum Gasteiger partial charge on any atom is -0.490 e. The Kier molecular flexibility index (Phi) is 7.25. The minimum atomic E-state index is -0.716. The Balaban J connectivity index is 3.12. The van der Waals surface area contributed by atoms with Crippen LogP contribution in [0.3, 0.4) is 0 Å². The van der Waals surface area contributed by atoms with Crippen LogP contribution in [0, 0.1) is 0 Å². The molecule has 0 aliphatic heterocycles. The largest absolute Gasteiger partial charge is 0.490 e. The van der Waals surface area contributed by atoms with Crippen molar-refractivity contribution in [2.24, 2.45) is 0 Å². The molecule has 0 fully saturated rings. The van der Waals surface area contributed by atoms with Crippen molar-refractivity contribution in [2.45, 2.75) is 13.3 Å². The predicted molar refractivity (Wildman–Crippen MR) is 83.0 cm³/mol. The third-order valence-corrected chi connectivity index (χ3v) is 2.85. The molecule has 6 nitrogen and oxygen atoms in total. The number of esters is 2. The summed E-state index contributed by atoms with van der Waals surface area (Å²) < 4.78 is 14.7. The predicted octanol–water partition coefficient (Wildman–Crippen LogP) is 2.77. The Labute approximate surface area is 134 Å². The van der Waals surface area contributed by atoms with Gasteiger partial charge in [0.1, 0.15) is 5.70 Å². The minimum absolute atomic E-state index is 0.0852. The topological polar surface area (TPSA) is 73.9 Å². The smallest absolute Gasteiger partial charge is 0.354 e. The van der Waals surface area contributed by atoms with Crippen molar-refractivity contribution in [2.75, 3.05) is 26.1 Å². The number of para-hydroxylation sites is 1. The molecule has 1 N–H and O–H groups in total. The van der Waals surface area contributed by atoms with Crippen LogP contribution in [-0.4, -0.2) is 32.8 Å². The molecule has 0 aromatic heterocycles. The molecule has 22 heavy (non-hydrogen) atoms. The highest BCUT2D eigenvalue weighted by molar-refractivity contribution is 6.32. The van der Waals surface area contributed by atoms with Crippen molar-refractivity contribution in [3.63, 3.8) is 0 Å². The van der Waals surface area contributed by atoms with Gasteiger partial charge in [-0.3, -0.25) is 0 Å². The van der Waals surface area contributed by atoms with Gasteiger partial charge in [0.25, 0.3) is 0 Å². The van der Waals surface area contributed by atoms with Crippen LogP contribution >= 0.6 is 11.6 Å². The maximum Gasteiger partial charge on any atom is 0.354 e. The van der Waals surface area contributed by atoms with E-state index >= 15 is 0 Å². The molecule has 0 radical (unpaired) electrons. The van der Waals surface area contributed by atoms with E-state index in [1.54, 1.807) is 18.2 Å². The van der Waals surface area contributed by atoms with E-state index in [-0.39, 0.29) is 5.70 Å². The maximum absolute atomic E-state index is 11.7. The quantitative estimate of drug-likeness (QED) is 0.613. The Bertz CT molecular complexity index is 571. The number of nitrogens with one attached hydrogen (secondary N) is 1. The van der Waals surface area contributed by atoms with Gasteiger partial charge in [-0.25, -0.2) is 9.59 Å². The van der Waals surface area contributed by atoms with Gasteiger partial charge in [-0.1, -0.05) is 24.6 Å². The number of carbonyl (C=O) groups is 2. The van der Waals surface area contributed by atoms with E-state index < -0.39 is 11.9 Å². The van der Waals surface area contributed by atoms with Crippen LogP contribution < -0.4 is 10.1 Å². The number of ether oxygens (including phenoxy) is 3. The molecule has 0 unspecified atom stereocenters. The highest BCUT2D eigenvalue weighted by Crippen LogP contribution is 2.33. The number of benzene rings is 1. The highest BCUT2D eigenvalue weighted by atomic mass is 35.5. The lowest BCUT2D eigenvalue weighted by Crippen LogP contribution is -2.16. The normalized spacial score (nSPS) is 10.8. The van der Waals surface area contributed by atoms with Gasteiger partial charge in [0.05, 0.1) is 37.6 Å². The number of methoxy groups -OCH3 is 2. The number of rotatable bonds is 7. The van der Waals surface area contributed by atoms with E-state index in [0.717, 1.165) is 12.5 Å². The van der Waals surface area contributed by atoms with Crippen molar-refractivity contribution < 1.29 is 23.8 Å². The van der Waals surface area contributed by atoms with Crippen LogP contribution in [0.1, 0.15) is 13.3 Å². The summed E-state index contributed by atoms with van der Waals surface area (Å²) in [6.45, 7) is 2.42. The second-order valence-corrected chi connectivity index (χ2v) is 4.57. The molecule has 0 amide bonds. The number of carbonyl (C=O) groups excluding carboxylic acids is 2. The van der Waals surface area contributed by atoms with Crippen molar-refractivity contribution in [3.8, 4) is 5.75 Å². The first-order valence-corrected chi connectivity index (χ1v) is 6.97. The molecule has 0 heterocycles. The van der Waals surface area contributed by atoms with Gasteiger partial charge in [-0.15, -0.1) is 0 Å². The first-order valence-electron chi connectivity index (χ1n) is 6.59. The zero-order chi connectivity index (χ0) is 16.5. The second-order valence-electron chi connectivity index (χ2n) is 4.16. The second kappa shape index (κ2) is 8.94. The molecule has 0 saturated carbocycles. The molecule has 1 rings (SSSR count). The molecule has 1 aromatic carbocycles. The fourth-order valence-corrected chi connectivity index (χ4v) is 1.77. The Morgan fingerprint density at radius 2 is 2.00 bits per heavy atom. The van der Waals surface area contributed by atoms with Crippen molar-refractivity contribution >= 4 is 29.2 Å². The Morgan fingerprint density at radius 3 is 2.59 bits per heavy atom. The van der Waals surface area contributed by atoms with Gasteiger partial charge < -0.3 is 19.5 Å².